The van der Waals surface area contributed by atoms with Crippen LogP contribution in [0.3, 0.4) is 0 Å². The summed E-state index contributed by atoms with van der Waals surface area (Å²) in [5, 5.41) is 0.669. The van der Waals surface area contributed by atoms with Gasteiger partial charge >= 0.3 is 0 Å². The van der Waals surface area contributed by atoms with Crippen molar-refractivity contribution in [3.63, 3.8) is 0 Å². The Hall–Kier alpha value is -2.45. The molecule has 7 nitrogen and oxygen atoms in total. The van der Waals surface area contributed by atoms with Crippen LogP contribution in [0, 0.1) is 0 Å². The Kier molecular flexibility index (Phi) is 6.77. The maximum absolute atomic E-state index is 13.1. The van der Waals surface area contributed by atoms with Crippen LogP contribution in [-0.2, 0) is 14.8 Å². The number of benzene rings is 2. The first kappa shape index (κ1) is 22.2. The van der Waals surface area contributed by atoms with Gasteiger partial charge in [-0.3, -0.25) is 9.10 Å². The van der Waals surface area contributed by atoms with E-state index >= 15 is 0 Å². The summed E-state index contributed by atoms with van der Waals surface area (Å²) in [5.41, 5.74) is 1.44. The second-order valence-corrected chi connectivity index (χ2v) is 9.52. The molecule has 0 aromatic heterocycles. The number of piperazine rings is 1. The molecule has 1 unspecified atom stereocenters. The predicted octanol–water partition coefficient (Wildman–Crippen LogP) is 2.85. The minimum Gasteiger partial charge on any atom is -0.497 e. The zero-order valence-electron chi connectivity index (χ0n) is 17.3. The molecule has 1 fully saturated rings. The van der Waals surface area contributed by atoms with Crippen LogP contribution in [0.1, 0.15) is 6.92 Å². The molecule has 2 aromatic carbocycles. The fourth-order valence-corrected chi connectivity index (χ4v) is 5.01. The normalized spacial score (nSPS) is 15.6. The summed E-state index contributed by atoms with van der Waals surface area (Å²) in [6.07, 6.45) is 1.11. The number of hydrogen-bond donors (Lipinski definition) is 0. The Morgan fingerprint density at radius 3 is 2.27 bits per heavy atom. The number of carbonyl (C=O) groups is 1. The second-order valence-electron chi connectivity index (χ2n) is 7.23. The molecule has 0 saturated carbocycles. The van der Waals surface area contributed by atoms with Gasteiger partial charge < -0.3 is 14.5 Å². The van der Waals surface area contributed by atoms with Gasteiger partial charge in [0.2, 0.25) is 15.9 Å². The smallest absolute Gasteiger partial charge is 0.246 e. The van der Waals surface area contributed by atoms with Crippen molar-refractivity contribution in [2.24, 2.45) is 0 Å². The van der Waals surface area contributed by atoms with E-state index < -0.39 is 16.1 Å². The molecule has 1 saturated heterocycles. The number of ether oxygens (including phenoxy) is 1. The minimum atomic E-state index is -3.66. The lowest BCUT2D eigenvalue weighted by atomic mass is 10.2. The first-order valence-corrected chi connectivity index (χ1v) is 11.9. The van der Waals surface area contributed by atoms with Crippen molar-refractivity contribution in [2.45, 2.75) is 13.0 Å². The molecule has 0 spiro atoms. The third-order valence-electron chi connectivity index (χ3n) is 5.16. The summed E-state index contributed by atoms with van der Waals surface area (Å²) in [4.78, 5) is 17.0. The van der Waals surface area contributed by atoms with Gasteiger partial charge in [-0.25, -0.2) is 8.42 Å². The highest BCUT2D eigenvalue weighted by Crippen LogP contribution is 2.25. The maximum atomic E-state index is 13.1. The van der Waals surface area contributed by atoms with Crippen LogP contribution in [0.25, 0.3) is 0 Å². The summed E-state index contributed by atoms with van der Waals surface area (Å²) in [6, 6.07) is 13.4. The van der Waals surface area contributed by atoms with Crippen molar-refractivity contribution in [1.82, 2.24) is 4.90 Å². The van der Waals surface area contributed by atoms with Gasteiger partial charge in [0, 0.05) is 36.9 Å². The molecule has 0 aliphatic carbocycles. The van der Waals surface area contributed by atoms with Crippen LogP contribution >= 0.6 is 11.6 Å². The number of anilines is 2. The zero-order valence-corrected chi connectivity index (χ0v) is 18.9. The second kappa shape index (κ2) is 9.14. The van der Waals surface area contributed by atoms with Crippen LogP contribution in [0.4, 0.5) is 11.4 Å². The minimum absolute atomic E-state index is 0.220. The number of halogens is 1. The lowest BCUT2D eigenvalue weighted by Gasteiger charge is -2.39. The number of nitrogens with zero attached hydrogens (tertiary/aromatic N) is 3. The number of amides is 1. The third kappa shape index (κ3) is 4.99. The van der Waals surface area contributed by atoms with E-state index in [1.54, 1.807) is 43.2 Å². The van der Waals surface area contributed by atoms with Crippen molar-refractivity contribution in [3.8, 4) is 5.75 Å². The van der Waals surface area contributed by atoms with Crippen molar-refractivity contribution in [1.29, 1.82) is 0 Å². The molecule has 1 aliphatic heterocycles. The van der Waals surface area contributed by atoms with E-state index in [1.165, 1.54) is 0 Å². The highest BCUT2D eigenvalue weighted by Gasteiger charge is 2.33. The number of hydrogen-bond acceptors (Lipinski definition) is 5. The molecule has 1 atom stereocenters. The lowest BCUT2D eigenvalue weighted by Crippen LogP contribution is -2.55. The van der Waals surface area contributed by atoms with Gasteiger partial charge in [-0.05, 0) is 49.4 Å². The fraction of sp³-hybridized carbons (Fsp3) is 0.381. The van der Waals surface area contributed by atoms with Crippen LogP contribution in [-0.4, -0.2) is 64.8 Å². The summed E-state index contributed by atoms with van der Waals surface area (Å²) < 4.78 is 31.3. The molecule has 1 amide bonds. The molecule has 1 heterocycles. The third-order valence-corrected chi connectivity index (χ3v) is 6.63. The largest absolute Gasteiger partial charge is 0.497 e. The van der Waals surface area contributed by atoms with E-state index in [2.05, 4.69) is 4.90 Å². The topological polar surface area (TPSA) is 70.2 Å². The molecule has 0 N–H and O–H groups in total. The van der Waals surface area contributed by atoms with Crippen molar-refractivity contribution in [2.75, 3.05) is 48.7 Å². The van der Waals surface area contributed by atoms with Crippen LogP contribution in [0.15, 0.2) is 48.5 Å². The monoisotopic (exact) mass is 451 g/mol. The van der Waals surface area contributed by atoms with Gasteiger partial charge in [0.15, 0.2) is 0 Å². The van der Waals surface area contributed by atoms with E-state index in [0.717, 1.165) is 16.2 Å². The SMILES string of the molecule is COc1ccc(N(C(C)C(=O)N2CCN(c3cccc(Cl)c3)CC2)S(C)(=O)=O)cc1. The van der Waals surface area contributed by atoms with Gasteiger partial charge in [-0.2, -0.15) is 0 Å². The summed E-state index contributed by atoms with van der Waals surface area (Å²) in [5.74, 6) is 0.394. The Labute approximate surface area is 182 Å². The van der Waals surface area contributed by atoms with Crippen molar-refractivity contribution >= 4 is 38.9 Å². The molecule has 0 bridgehead atoms. The Bertz CT molecular complexity index is 990. The average molecular weight is 452 g/mol. The molecule has 162 valence electrons. The molecule has 1 aliphatic rings. The van der Waals surface area contributed by atoms with Crippen molar-refractivity contribution < 1.29 is 17.9 Å². The van der Waals surface area contributed by atoms with Crippen molar-refractivity contribution in [3.05, 3.63) is 53.6 Å². The van der Waals surface area contributed by atoms with Gasteiger partial charge in [-0.1, -0.05) is 17.7 Å². The van der Waals surface area contributed by atoms with Crippen LogP contribution < -0.4 is 13.9 Å². The molecule has 9 heteroatoms. The molecule has 2 aromatic rings. The maximum Gasteiger partial charge on any atom is 0.246 e. The first-order valence-electron chi connectivity index (χ1n) is 9.63. The summed E-state index contributed by atoms with van der Waals surface area (Å²) in [7, 11) is -2.12. The number of rotatable bonds is 6. The highest BCUT2D eigenvalue weighted by atomic mass is 35.5. The average Bonchev–Trinajstić information content (AvgIpc) is 2.73. The Balaban J connectivity index is 1.72. The first-order chi connectivity index (χ1) is 14.2. The van der Waals surface area contributed by atoms with E-state index in [1.807, 2.05) is 24.3 Å². The molecule has 30 heavy (non-hydrogen) atoms. The van der Waals surface area contributed by atoms with E-state index in [0.29, 0.717) is 42.6 Å². The summed E-state index contributed by atoms with van der Waals surface area (Å²) in [6.45, 7) is 3.95. The molecule has 0 radical (unpaired) electrons. The number of sulfonamides is 1. The quantitative estimate of drug-likeness (QED) is 0.675. The van der Waals surface area contributed by atoms with Gasteiger partial charge in [0.05, 0.1) is 19.1 Å². The molecule has 3 rings (SSSR count). The number of carbonyl (C=O) groups excluding carboxylic acids is 1. The van der Waals surface area contributed by atoms with Crippen LogP contribution in [0.5, 0.6) is 5.75 Å². The Morgan fingerprint density at radius 1 is 1.10 bits per heavy atom. The summed E-state index contributed by atoms with van der Waals surface area (Å²) >= 11 is 6.08. The standard InChI is InChI=1S/C21H26ClN3O4S/c1-16(25(30(3,27)28)18-7-9-20(29-2)10-8-18)21(26)24-13-11-23(12-14-24)19-6-4-5-17(22)15-19/h4-10,15-16H,11-14H2,1-3H3. The lowest BCUT2D eigenvalue weighted by molar-refractivity contribution is -0.132. The predicted molar refractivity (Wildman–Crippen MR) is 120 cm³/mol. The van der Waals surface area contributed by atoms with E-state index in [4.69, 9.17) is 16.3 Å². The van der Waals surface area contributed by atoms with Gasteiger partial charge in [-0.15, -0.1) is 0 Å². The highest BCUT2D eigenvalue weighted by molar-refractivity contribution is 7.92. The van der Waals surface area contributed by atoms with Crippen LogP contribution in [0.2, 0.25) is 5.02 Å². The molecular weight excluding hydrogens is 426 g/mol. The fourth-order valence-electron chi connectivity index (χ4n) is 3.65. The van der Waals surface area contributed by atoms with E-state index in [9.17, 15) is 13.2 Å². The molecular formula is C21H26ClN3O4S. The van der Waals surface area contributed by atoms with Gasteiger partial charge in [0.25, 0.3) is 0 Å². The van der Waals surface area contributed by atoms with E-state index in [-0.39, 0.29) is 5.91 Å². The van der Waals surface area contributed by atoms with Gasteiger partial charge in [0.1, 0.15) is 11.8 Å². The number of methoxy groups -OCH3 is 1. The Morgan fingerprint density at radius 2 is 1.73 bits per heavy atom. The zero-order chi connectivity index (χ0) is 21.9.